The van der Waals surface area contributed by atoms with Gasteiger partial charge in [0.1, 0.15) is 0 Å². The number of rotatable bonds is 4. The summed E-state index contributed by atoms with van der Waals surface area (Å²) in [7, 11) is 1.09. The Kier molecular flexibility index (Phi) is 3.37. The summed E-state index contributed by atoms with van der Waals surface area (Å²) < 4.78 is 5.78. The highest BCUT2D eigenvalue weighted by molar-refractivity contribution is 6.39. The van der Waals surface area contributed by atoms with Crippen LogP contribution in [0.25, 0.3) is 5.52 Å². The van der Waals surface area contributed by atoms with Crippen LogP contribution in [0.3, 0.4) is 0 Å². The van der Waals surface area contributed by atoms with Crippen molar-refractivity contribution in [1.29, 1.82) is 0 Å². The number of hydrogen-bond acceptors (Lipinski definition) is 6. The molecule has 2 aromatic heterocycles. The van der Waals surface area contributed by atoms with E-state index in [4.69, 9.17) is 0 Å². The van der Waals surface area contributed by atoms with Gasteiger partial charge in [0.2, 0.25) is 0 Å². The third-order valence-corrected chi connectivity index (χ3v) is 2.76. The predicted molar refractivity (Wildman–Crippen MR) is 63.5 cm³/mol. The molecule has 0 spiro atoms. The number of aromatic nitrogens is 3. The molecule has 1 atom stereocenters. The van der Waals surface area contributed by atoms with Crippen LogP contribution in [-0.4, -0.2) is 39.2 Å². The van der Waals surface area contributed by atoms with Crippen LogP contribution in [0.5, 0.6) is 0 Å². The van der Waals surface area contributed by atoms with Crippen molar-refractivity contribution in [3.63, 3.8) is 0 Å². The summed E-state index contributed by atoms with van der Waals surface area (Å²) >= 11 is 0. The normalized spacial score (nSPS) is 12.1. The predicted octanol–water partition coefficient (Wildman–Crippen LogP) is 0.290. The maximum atomic E-state index is 12.2. The van der Waals surface area contributed by atoms with Crippen molar-refractivity contribution in [2.75, 3.05) is 7.11 Å². The van der Waals surface area contributed by atoms with Gasteiger partial charge in [-0.15, -0.1) is 0 Å². The molecule has 0 N–H and O–H groups in total. The van der Waals surface area contributed by atoms with Crippen LogP contribution in [0.1, 0.15) is 17.3 Å². The smallest absolute Gasteiger partial charge is 0.375 e. The molecule has 0 aromatic carbocycles. The molecule has 0 amide bonds. The molecule has 0 radical (unpaired) electrons. The molecule has 0 aliphatic carbocycles. The second-order valence-electron chi connectivity index (χ2n) is 3.91. The van der Waals surface area contributed by atoms with Gasteiger partial charge in [0.25, 0.3) is 5.78 Å². The number of ketones is 2. The van der Waals surface area contributed by atoms with Crippen LogP contribution in [0.4, 0.5) is 0 Å². The maximum absolute atomic E-state index is 12.2. The van der Waals surface area contributed by atoms with Crippen molar-refractivity contribution < 1.29 is 19.1 Å². The zero-order chi connectivity index (χ0) is 14.0. The van der Waals surface area contributed by atoms with Crippen molar-refractivity contribution in [3.05, 3.63) is 30.4 Å². The first kappa shape index (κ1) is 12.9. The standard InChI is InChI=1S/C12H11N3O4/c1-7(11(17)12(18)19-2)10(16)8-5-14-15-4-3-13-6-9(8)15/h3-7H,1-2H3. The number of carbonyl (C=O) groups excluding carboxylic acids is 3. The lowest BCUT2D eigenvalue weighted by Gasteiger charge is -2.06. The van der Waals surface area contributed by atoms with Gasteiger partial charge in [0.15, 0.2) is 5.78 Å². The van der Waals surface area contributed by atoms with Crippen LogP contribution in [0, 0.1) is 5.92 Å². The first-order chi connectivity index (χ1) is 9.06. The molecule has 1 unspecified atom stereocenters. The van der Waals surface area contributed by atoms with E-state index in [1.807, 2.05) is 0 Å². The van der Waals surface area contributed by atoms with Crippen LogP contribution in [-0.2, 0) is 14.3 Å². The summed E-state index contributed by atoms with van der Waals surface area (Å²) in [6.45, 7) is 1.36. The van der Waals surface area contributed by atoms with Crippen molar-refractivity contribution >= 4 is 23.1 Å². The molecule has 0 aliphatic rings. The average molecular weight is 261 g/mol. The van der Waals surface area contributed by atoms with Crippen molar-refractivity contribution in [2.24, 2.45) is 5.92 Å². The highest BCUT2D eigenvalue weighted by Gasteiger charge is 2.30. The average Bonchev–Trinajstić information content (AvgIpc) is 2.87. The molecule has 7 nitrogen and oxygen atoms in total. The Hall–Kier alpha value is -2.57. The molecular weight excluding hydrogens is 250 g/mol. The molecule has 0 saturated carbocycles. The van der Waals surface area contributed by atoms with Crippen LogP contribution in [0.2, 0.25) is 0 Å². The van der Waals surface area contributed by atoms with Crippen molar-refractivity contribution in [3.8, 4) is 0 Å². The highest BCUT2D eigenvalue weighted by atomic mass is 16.5. The van der Waals surface area contributed by atoms with E-state index in [-0.39, 0.29) is 5.56 Å². The Morgan fingerprint density at radius 1 is 1.32 bits per heavy atom. The van der Waals surface area contributed by atoms with Gasteiger partial charge in [-0.3, -0.25) is 14.6 Å². The van der Waals surface area contributed by atoms with E-state index in [0.29, 0.717) is 5.52 Å². The second kappa shape index (κ2) is 4.97. The Morgan fingerprint density at radius 2 is 2.05 bits per heavy atom. The highest BCUT2D eigenvalue weighted by Crippen LogP contribution is 2.15. The van der Waals surface area contributed by atoms with Crippen molar-refractivity contribution in [1.82, 2.24) is 14.6 Å². The number of ether oxygens (including phenoxy) is 1. The van der Waals surface area contributed by atoms with E-state index in [1.165, 1.54) is 30.0 Å². The first-order valence-corrected chi connectivity index (χ1v) is 5.50. The van der Waals surface area contributed by atoms with E-state index < -0.39 is 23.5 Å². The quantitative estimate of drug-likeness (QED) is 0.340. The summed E-state index contributed by atoms with van der Waals surface area (Å²) in [6.07, 6.45) is 5.92. The van der Waals surface area contributed by atoms with Gasteiger partial charge in [-0.05, 0) is 6.92 Å². The number of Topliss-reactive ketones (excluding diaryl/α,β-unsaturated/α-hetero) is 2. The molecule has 0 aliphatic heterocycles. The zero-order valence-electron chi connectivity index (χ0n) is 10.4. The Balaban J connectivity index is 2.34. The van der Waals surface area contributed by atoms with Crippen LogP contribution >= 0.6 is 0 Å². The fourth-order valence-corrected chi connectivity index (χ4v) is 1.65. The summed E-state index contributed by atoms with van der Waals surface area (Å²) in [4.78, 5) is 38.8. The van der Waals surface area contributed by atoms with E-state index in [2.05, 4.69) is 14.8 Å². The summed E-state index contributed by atoms with van der Waals surface area (Å²) in [6, 6.07) is 0. The fourth-order valence-electron chi connectivity index (χ4n) is 1.65. The number of fused-ring (bicyclic) bond motifs is 1. The molecule has 0 bridgehead atoms. The lowest BCUT2D eigenvalue weighted by Crippen LogP contribution is -2.28. The molecule has 19 heavy (non-hydrogen) atoms. The molecule has 0 fully saturated rings. The van der Waals surface area contributed by atoms with E-state index in [9.17, 15) is 14.4 Å². The molecule has 98 valence electrons. The third-order valence-electron chi connectivity index (χ3n) is 2.76. The van der Waals surface area contributed by atoms with E-state index >= 15 is 0 Å². The number of carbonyl (C=O) groups is 3. The minimum atomic E-state index is -1.11. The fraction of sp³-hybridized carbons (Fsp3) is 0.250. The minimum Gasteiger partial charge on any atom is -0.463 e. The van der Waals surface area contributed by atoms with Crippen LogP contribution < -0.4 is 0 Å². The summed E-state index contributed by atoms with van der Waals surface area (Å²) in [5.74, 6) is -3.51. The minimum absolute atomic E-state index is 0.248. The molecule has 0 saturated heterocycles. The van der Waals surface area contributed by atoms with Gasteiger partial charge >= 0.3 is 5.97 Å². The van der Waals surface area contributed by atoms with Gasteiger partial charge in [-0.2, -0.15) is 5.10 Å². The number of nitrogens with zero attached hydrogens (tertiary/aromatic N) is 3. The lowest BCUT2D eigenvalue weighted by molar-refractivity contribution is -0.152. The Bertz CT molecular complexity index is 662. The number of hydrogen-bond donors (Lipinski definition) is 0. The van der Waals surface area contributed by atoms with Gasteiger partial charge < -0.3 is 4.74 Å². The second-order valence-corrected chi connectivity index (χ2v) is 3.91. The summed E-state index contributed by atoms with van der Waals surface area (Å²) in [5.41, 5.74) is 0.731. The topological polar surface area (TPSA) is 90.6 Å². The van der Waals surface area contributed by atoms with Gasteiger partial charge in [0.05, 0.1) is 36.5 Å². The van der Waals surface area contributed by atoms with E-state index in [1.54, 1.807) is 6.20 Å². The Morgan fingerprint density at radius 3 is 2.74 bits per heavy atom. The number of methoxy groups -OCH3 is 1. The van der Waals surface area contributed by atoms with Gasteiger partial charge in [-0.1, -0.05) is 0 Å². The SMILES string of the molecule is COC(=O)C(=O)C(C)C(=O)c1cnn2ccncc12. The summed E-state index contributed by atoms with van der Waals surface area (Å²) in [5, 5.41) is 3.97. The Labute approximate surface area is 108 Å². The lowest BCUT2D eigenvalue weighted by atomic mass is 9.96. The van der Waals surface area contributed by atoms with Crippen LogP contribution in [0.15, 0.2) is 24.8 Å². The first-order valence-electron chi connectivity index (χ1n) is 5.50. The van der Waals surface area contributed by atoms with E-state index in [0.717, 1.165) is 7.11 Å². The zero-order valence-corrected chi connectivity index (χ0v) is 10.4. The third kappa shape index (κ3) is 2.22. The van der Waals surface area contributed by atoms with Gasteiger partial charge in [0, 0.05) is 12.4 Å². The maximum Gasteiger partial charge on any atom is 0.375 e. The molecule has 2 heterocycles. The monoisotopic (exact) mass is 261 g/mol. The largest absolute Gasteiger partial charge is 0.463 e. The number of esters is 1. The molecular formula is C12H11N3O4. The molecule has 2 rings (SSSR count). The molecule has 2 aromatic rings. The molecule has 7 heteroatoms. The van der Waals surface area contributed by atoms with Gasteiger partial charge in [-0.25, -0.2) is 9.31 Å². The van der Waals surface area contributed by atoms with Crippen molar-refractivity contribution in [2.45, 2.75) is 6.92 Å².